The molecule has 1 amide bonds. The molecule has 28 heavy (non-hydrogen) atoms. The highest BCUT2D eigenvalue weighted by molar-refractivity contribution is 6.05. The van der Waals surface area contributed by atoms with E-state index in [1.165, 1.54) is 16.5 Å². The van der Waals surface area contributed by atoms with Crippen LogP contribution in [0.2, 0.25) is 0 Å². The van der Waals surface area contributed by atoms with Crippen molar-refractivity contribution in [3.63, 3.8) is 0 Å². The molecule has 0 radical (unpaired) electrons. The first-order chi connectivity index (χ1) is 13.5. The number of carbonyl (C=O) groups is 1. The zero-order valence-electron chi connectivity index (χ0n) is 16.0. The lowest BCUT2D eigenvalue weighted by Crippen LogP contribution is -2.18. The highest BCUT2D eigenvalue weighted by atomic mass is 16.1. The summed E-state index contributed by atoms with van der Waals surface area (Å²) >= 11 is 0. The van der Waals surface area contributed by atoms with Gasteiger partial charge in [0.05, 0.1) is 0 Å². The van der Waals surface area contributed by atoms with E-state index < -0.39 is 0 Å². The number of nitrogens with zero attached hydrogens (tertiary/aromatic N) is 1. The monoisotopic (exact) mass is 371 g/mol. The molecule has 4 rings (SSSR count). The zero-order valence-corrected chi connectivity index (χ0v) is 16.0. The Balaban J connectivity index is 1.55. The second-order valence-corrected chi connectivity index (χ2v) is 7.33. The second-order valence-electron chi connectivity index (χ2n) is 7.33. The first-order valence-corrected chi connectivity index (χ1v) is 9.45. The highest BCUT2D eigenvalue weighted by Crippen LogP contribution is 2.35. The molecular formula is C23H21N3O2. The predicted molar refractivity (Wildman–Crippen MR) is 110 cm³/mol. The number of nitriles is 1. The molecule has 2 aromatic carbocycles. The summed E-state index contributed by atoms with van der Waals surface area (Å²) < 4.78 is 0. The number of hydrogen-bond acceptors (Lipinski definition) is 3. The number of nitrogens with one attached hydrogen (secondary N) is 2. The fourth-order valence-corrected chi connectivity index (χ4v) is 4.23. The van der Waals surface area contributed by atoms with E-state index in [2.05, 4.69) is 28.5 Å². The van der Waals surface area contributed by atoms with Gasteiger partial charge in [-0.3, -0.25) is 9.59 Å². The normalized spacial score (nSPS) is 12.2. The van der Waals surface area contributed by atoms with E-state index in [1.54, 1.807) is 13.8 Å². The van der Waals surface area contributed by atoms with Gasteiger partial charge < -0.3 is 10.3 Å². The molecule has 1 aromatic heterocycles. The molecule has 0 bridgehead atoms. The summed E-state index contributed by atoms with van der Waals surface area (Å²) in [5.41, 5.74) is 5.47. The van der Waals surface area contributed by atoms with Crippen LogP contribution in [0.1, 0.15) is 39.9 Å². The van der Waals surface area contributed by atoms with Crippen molar-refractivity contribution in [2.75, 3.05) is 5.32 Å². The number of H-pyrrole nitrogens is 1. The van der Waals surface area contributed by atoms with Crippen LogP contribution in [0.3, 0.4) is 0 Å². The Hall–Kier alpha value is -3.39. The number of benzene rings is 2. The first kappa shape index (κ1) is 18.0. The molecule has 0 aliphatic heterocycles. The fraction of sp³-hybridized carbons (Fsp3) is 0.261. The van der Waals surface area contributed by atoms with Gasteiger partial charge in [0.1, 0.15) is 11.6 Å². The van der Waals surface area contributed by atoms with E-state index >= 15 is 0 Å². The topological polar surface area (TPSA) is 85.8 Å². The summed E-state index contributed by atoms with van der Waals surface area (Å²) in [7, 11) is 0. The minimum absolute atomic E-state index is 0.0813. The number of hydrogen-bond donors (Lipinski definition) is 2. The van der Waals surface area contributed by atoms with Gasteiger partial charge in [0.2, 0.25) is 5.91 Å². The number of carbonyl (C=O) groups excluding carboxylic acids is 1. The number of anilines is 1. The van der Waals surface area contributed by atoms with Crippen LogP contribution < -0.4 is 10.9 Å². The highest BCUT2D eigenvalue weighted by Gasteiger charge is 2.17. The molecule has 0 saturated heterocycles. The molecule has 1 aliphatic rings. The molecule has 140 valence electrons. The maximum absolute atomic E-state index is 12.6. The molecule has 0 atom stereocenters. The number of aryl methyl sites for hydroxylation is 3. The van der Waals surface area contributed by atoms with E-state index in [4.69, 9.17) is 0 Å². The quantitative estimate of drug-likeness (QED) is 0.733. The maximum atomic E-state index is 12.6. The molecule has 0 spiro atoms. The van der Waals surface area contributed by atoms with Crippen molar-refractivity contribution < 1.29 is 4.79 Å². The molecular weight excluding hydrogens is 350 g/mol. The second kappa shape index (κ2) is 6.97. The Morgan fingerprint density at radius 3 is 2.68 bits per heavy atom. The summed E-state index contributed by atoms with van der Waals surface area (Å²) in [6.45, 7) is 3.56. The van der Waals surface area contributed by atoms with Gasteiger partial charge >= 0.3 is 0 Å². The van der Waals surface area contributed by atoms with E-state index in [0.29, 0.717) is 17.7 Å². The van der Waals surface area contributed by atoms with Gasteiger partial charge in [-0.25, -0.2) is 0 Å². The van der Waals surface area contributed by atoms with Crippen LogP contribution >= 0.6 is 0 Å². The summed E-state index contributed by atoms with van der Waals surface area (Å²) in [5, 5.41) is 14.6. The Morgan fingerprint density at radius 2 is 1.93 bits per heavy atom. The van der Waals surface area contributed by atoms with E-state index in [1.807, 2.05) is 18.2 Å². The Bertz CT molecular complexity index is 1200. The number of rotatable bonds is 4. The fourth-order valence-electron chi connectivity index (χ4n) is 4.23. The third kappa shape index (κ3) is 2.97. The molecule has 0 unspecified atom stereocenters. The maximum Gasteiger partial charge on any atom is 0.266 e. The van der Waals surface area contributed by atoms with Crippen molar-refractivity contribution in [2.45, 2.75) is 39.5 Å². The number of aromatic nitrogens is 1. The third-order valence-corrected chi connectivity index (χ3v) is 5.67. The molecule has 1 aliphatic carbocycles. The SMILES string of the molecule is Cc1[nH]c(=O)c(C#N)c(C)c1CCC(=O)Nc1ccc2c3c(cccc13)CC2. The first-order valence-electron chi connectivity index (χ1n) is 9.45. The molecule has 0 saturated carbocycles. The van der Waals surface area contributed by atoms with Crippen LogP contribution in [0.4, 0.5) is 5.69 Å². The largest absolute Gasteiger partial charge is 0.326 e. The van der Waals surface area contributed by atoms with E-state index in [0.717, 1.165) is 29.5 Å². The molecule has 0 fully saturated rings. The van der Waals surface area contributed by atoms with Crippen molar-refractivity contribution in [1.29, 1.82) is 5.26 Å². The molecule has 5 nitrogen and oxygen atoms in total. The predicted octanol–water partition coefficient (Wildman–Crippen LogP) is 3.69. The Labute approximate surface area is 163 Å². The van der Waals surface area contributed by atoms with Crippen LogP contribution in [-0.2, 0) is 24.1 Å². The van der Waals surface area contributed by atoms with E-state index in [9.17, 15) is 14.9 Å². The Kier molecular flexibility index (Phi) is 4.48. The molecule has 2 N–H and O–H groups in total. The summed E-state index contributed by atoms with van der Waals surface area (Å²) in [6, 6.07) is 12.3. The van der Waals surface area contributed by atoms with Crippen LogP contribution in [0.25, 0.3) is 10.8 Å². The lowest BCUT2D eigenvalue weighted by molar-refractivity contribution is -0.116. The molecule has 3 aromatic rings. The summed E-state index contributed by atoms with van der Waals surface area (Å²) in [4.78, 5) is 27.2. The van der Waals surface area contributed by atoms with Gasteiger partial charge in [0.15, 0.2) is 0 Å². The number of amides is 1. The zero-order chi connectivity index (χ0) is 19.8. The van der Waals surface area contributed by atoms with Crippen molar-refractivity contribution in [2.24, 2.45) is 0 Å². The molecule has 5 heteroatoms. The standard InChI is InChI=1S/C23H21N3O2/c1-13-17(14(2)25-23(28)19(13)12-24)9-11-21(27)26-20-10-8-16-7-6-15-4-3-5-18(20)22(15)16/h3-5,8,10H,6-7,9,11H2,1-2H3,(H,25,28)(H,26,27). The van der Waals surface area contributed by atoms with Gasteiger partial charge in [-0.15, -0.1) is 0 Å². The van der Waals surface area contributed by atoms with Crippen LogP contribution in [-0.4, -0.2) is 10.9 Å². The minimum Gasteiger partial charge on any atom is -0.326 e. The number of aromatic amines is 1. The van der Waals surface area contributed by atoms with Gasteiger partial charge in [0.25, 0.3) is 5.56 Å². The minimum atomic E-state index is -0.376. The van der Waals surface area contributed by atoms with Gasteiger partial charge in [-0.1, -0.05) is 24.3 Å². The lowest BCUT2D eigenvalue weighted by atomic mass is 9.99. The van der Waals surface area contributed by atoms with Crippen molar-refractivity contribution in [3.05, 3.63) is 74.2 Å². The van der Waals surface area contributed by atoms with Gasteiger partial charge in [-0.05, 0) is 66.8 Å². The van der Waals surface area contributed by atoms with E-state index in [-0.39, 0.29) is 23.5 Å². The van der Waals surface area contributed by atoms with Crippen LogP contribution in [0, 0.1) is 25.2 Å². The van der Waals surface area contributed by atoms with Crippen molar-refractivity contribution >= 4 is 22.4 Å². The van der Waals surface area contributed by atoms with Crippen LogP contribution in [0.5, 0.6) is 0 Å². The average molecular weight is 371 g/mol. The van der Waals surface area contributed by atoms with Gasteiger partial charge in [-0.2, -0.15) is 5.26 Å². The lowest BCUT2D eigenvalue weighted by Gasteiger charge is -2.13. The third-order valence-electron chi connectivity index (χ3n) is 5.67. The van der Waals surface area contributed by atoms with Crippen molar-refractivity contribution in [3.8, 4) is 6.07 Å². The average Bonchev–Trinajstić information content (AvgIpc) is 3.08. The summed E-state index contributed by atoms with van der Waals surface area (Å²) in [5.74, 6) is -0.0813. The van der Waals surface area contributed by atoms with Gasteiger partial charge in [0, 0.05) is 23.2 Å². The van der Waals surface area contributed by atoms with Crippen LogP contribution in [0.15, 0.2) is 35.1 Å². The molecule has 1 heterocycles. The number of pyridine rings is 1. The Morgan fingerprint density at radius 1 is 1.18 bits per heavy atom. The smallest absolute Gasteiger partial charge is 0.266 e. The summed E-state index contributed by atoms with van der Waals surface area (Å²) in [6.07, 6.45) is 2.85. The van der Waals surface area contributed by atoms with Crippen molar-refractivity contribution in [1.82, 2.24) is 4.98 Å².